The zero-order valence-electron chi connectivity index (χ0n) is 9.16. The third-order valence-corrected chi connectivity index (χ3v) is 2.93. The van der Waals surface area contributed by atoms with E-state index in [0.29, 0.717) is 18.4 Å². The zero-order valence-corrected chi connectivity index (χ0v) is 9.16. The van der Waals surface area contributed by atoms with Gasteiger partial charge in [0.1, 0.15) is 5.92 Å². The summed E-state index contributed by atoms with van der Waals surface area (Å²) in [6, 6.07) is 2.38. The van der Waals surface area contributed by atoms with Crippen molar-refractivity contribution in [2.45, 2.75) is 39.7 Å². The maximum absolute atomic E-state index is 11.9. The molecule has 1 rings (SSSR count). The molecule has 0 aliphatic carbocycles. The van der Waals surface area contributed by atoms with E-state index in [-0.39, 0.29) is 5.91 Å². The monoisotopic (exact) mass is 194 g/mol. The Labute approximate surface area is 85.7 Å². The summed E-state index contributed by atoms with van der Waals surface area (Å²) in [4.78, 5) is 13.7. The lowest BCUT2D eigenvalue weighted by molar-refractivity contribution is -0.134. The number of rotatable bonds is 2. The van der Waals surface area contributed by atoms with Gasteiger partial charge in [0, 0.05) is 12.6 Å². The second-order valence-electron chi connectivity index (χ2n) is 4.27. The van der Waals surface area contributed by atoms with E-state index in [0.717, 1.165) is 13.0 Å². The van der Waals surface area contributed by atoms with Crippen molar-refractivity contribution >= 4 is 5.91 Å². The summed E-state index contributed by atoms with van der Waals surface area (Å²) in [7, 11) is 0. The lowest BCUT2D eigenvalue weighted by Crippen LogP contribution is -2.38. The summed E-state index contributed by atoms with van der Waals surface area (Å²) < 4.78 is 0. The molecule has 1 saturated heterocycles. The fourth-order valence-corrected chi connectivity index (χ4v) is 2.13. The number of hydrogen-bond acceptors (Lipinski definition) is 2. The number of hydrogen-bond donors (Lipinski definition) is 0. The molecule has 0 N–H and O–H groups in total. The Morgan fingerprint density at radius 2 is 2.29 bits per heavy atom. The minimum Gasteiger partial charge on any atom is -0.339 e. The minimum atomic E-state index is -0.442. The van der Waals surface area contributed by atoms with Crippen LogP contribution < -0.4 is 0 Å². The van der Waals surface area contributed by atoms with Crippen LogP contribution >= 0.6 is 0 Å². The third-order valence-electron chi connectivity index (χ3n) is 2.93. The second-order valence-corrected chi connectivity index (χ2v) is 4.27. The van der Waals surface area contributed by atoms with E-state index >= 15 is 0 Å². The van der Waals surface area contributed by atoms with Gasteiger partial charge in [-0.15, -0.1) is 0 Å². The van der Waals surface area contributed by atoms with Gasteiger partial charge in [0.15, 0.2) is 0 Å². The Morgan fingerprint density at radius 3 is 2.64 bits per heavy atom. The van der Waals surface area contributed by atoms with E-state index < -0.39 is 5.92 Å². The highest BCUT2D eigenvalue weighted by Crippen LogP contribution is 2.24. The Hall–Kier alpha value is -1.04. The first-order valence-electron chi connectivity index (χ1n) is 5.30. The molecule has 78 valence electrons. The number of carbonyl (C=O) groups excluding carboxylic acids is 1. The first-order valence-corrected chi connectivity index (χ1v) is 5.30. The van der Waals surface area contributed by atoms with Gasteiger partial charge in [-0.3, -0.25) is 4.79 Å². The fourth-order valence-electron chi connectivity index (χ4n) is 2.13. The summed E-state index contributed by atoms with van der Waals surface area (Å²) in [6.45, 7) is 6.91. The molecule has 0 spiro atoms. The highest BCUT2D eigenvalue weighted by atomic mass is 16.2. The van der Waals surface area contributed by atoms with E-state index in [9.17, 15) is 4.79 Å². The summed E-state index contributed by atoms with van der Waals surface area (Å²) >= 11 is 0. The third kappa shape index (κ3) is 2.06. The average molecular weight is 194 g/mol. The lowest BCUT2D eigenvalue weighted by Gasteiger charge is -2.23. The van der Waals surface area contributed by atoms with Gasteiger partial charge in [0.2, 0.25) is 5.91 Å². The maximum Gasteiger partial charge on any atom is 0.240 e. The summed E-state index contributed by atoms with van der Waals surface area (Å²) in [5.41, 5.74) is 0. The molecule has 14 heavy (non-hydrogen) atoms. The largest absolute Gasteiger partial charge is 0.339 e. The molecule has 1 fully saturated rings. The lowest BCUT2D eigenvalue weighted by atomic mass is 10.1. The van der Waals surface area contributed by atoms with Crippen LogP contribution in [-0.2, 0) is 4.79 Å². The molecule has 3 nitrogen and oxygen atoms in total. The highest BCUT2D eigenvalue weighted by molar-refractivity contribution is 5.81. The Balaban J connectivity index is 2.66. The van der Waals surface area contributed by atoms with Gasteiger partial charge in [0.05, 0.1) is 6.07 Å². The first kappa shape index (κ1) is 11.0. The van der Waals surface area contributed by atoms with Crippen LogP contribution in [0, 0.1) is 23.2 Å². The second kappa shape index (κ2) is 4.45. The van der Waals surface area contributed by atoms with Gasteiger partial charge >= 0.3 is 0 Å². The van der Waals surface area contributed by atoms with Crippen molar-refractivity contribution in [2.75, 3.05) is 6.54 Å². The van der Waals surface area contributed by atoms with Crippen molar-refractivity contribution in [1.29, 1.82) is 5.26 Å². The molecule has 3 atom stereocenters. The molecule has 0 radical (unpaired) electrons. The number of amides is 1. The van der Waals surface area contributed by atoms with E-state index in [1.165, 1.54) is 0 Å². The van der Waals surface area contributed by atoms with Gasteiger partial charge in [-0.05, 0) is 25.7 Å². The summed E-state index contributed by atoms with van der Waals surface area (Å²) in [5.74, 6) is 0.153. The van der Waals surface area contributed by atoms with Crippen LogP contribution in [0.3, 0.4) is 0 Å². The van der Waals surface area contributed by atoms with Crippen LogP contribution in [0.5, 0.6) is 0 Å². The molecule has 0 aromatic rings. The molecule has 3 unspecified atom stereocenters. The molecule has 3 heteroatoms. The van der Waals surface area contributed by atoms with Crippen molar-refractivity contribution in [2.24, 2.45) is 11.8 Å². The first-order chi connectivity index (χ1) is 6.60. The standard InChI is InChI=1S/C11H18N2O/c1-4-10(6-12)11(14)13-7-8(2)5-9(13)3/h8-10H,4-5,7H2,1-3H3. The topological polar surface area (TPSA) is 44.1 Å². The van der Waals surface area contributed by atoms with Gasteiger partial charge < -0.3 is 4.90 Å². The summed E-state index contributed by atoms with van der Waals surface area (Å²) in [6.07, 6.45) is 1.68. The molecule has 1 aliphatic heterocycles. The van der Waals surface area contributed by atoms with Crippen molar-refractivity contribution in [1.82, 2.24) is 4.90 Å². The minimum absolute atomic E-state index is 0.0202. The molecule has 0 aromatic carbocycles. The van der Waals surface area contributed by atoms with Gasteiger partial charge in [-0.2, -0.15) is 5.26 Å². The number of nitriles is 1. The van der Waals surface area contributed by atoms with Crippen LogP contribution in [0.25, 0.3) is 0 Å². The van der Waals surface area contributed by atoms with Gasteiger partial charge in [0.25, 0.3) is 0 Å². The average Bonchev–Trinajstić information content (AvgIpc) is 2.47. The van der Waals surface area contributed by atoms with Crippen LogP contribution in [0.1, 0.15) is 33.6 Å². The maximum atomic E-state index is 11.9. The van der Waals surface area contributed by atoms with E-state index in [4.69, 9.17) is 5.26 Å². The molecular formula is C11H18N2O. The summed E-state index contributed by atoms with van der Waals surface area (Å²) in [5, 5.41) is 8.81. The molecule has 0 saturated carbocycles. The SMILES string of the molecule is CCC(C#N)C(=O)N1CC(C)CC1C. The van der Waals surface area contributed by atoms with Crippen molar-refractivity contribution in [3.05, 3.63) is 0 Å². The van der Waals surface area contributed by atoms with E-state index in [1.807, 2.05) is 11.8 Å². The van der Waals surface area contributed by atoms with Crippen LogP contribution in [0.2, 0.25) is 0 Å². The molecule has 0 bridgehead atoms. The molecular weight excluding hydrogens is 176 g/mol. The zero-order chi connectivity index (χ0) is 10.7. The van der Waals surface area contributed by atoms with E-state index in [1.54, 1.807) is 0 Å². The fraction of sp³-hybridized carbons (Fsp3) is 0.818. The molecule has 1 aliphatic rings. The quantitative estimate of drug-likeness (QED) is 0.672. The van der Waals surface area contributed by atoms with Gasteiger partial charge in [-0.1, -0.05) is 13.8 Å². The normalized spacial score (nSPS) is 28.6. The highest BCUT2D eigenvalue weighted by Gasteiger charge is 2.33. The van der Waals surface area contributed by atoms with Crippen LogP contribution in [-0.4, -0.2) is 23.4 Å². The Bertz CT molecular complexity index is 257. The van der Waals surface area contributed by atoms with Crippen molar-refractivity contribution in [3.8, 4) is 6.07 Å². The number of likely N-dealkylation sites (tertiary alicyclic amines) is 1. The smallest absolute Gasteiger partial charge is 0.240 e. The predicted octanol–water partition coefficient (Wildman–Crippen LogP) is 1.79. The number of nitrogens with zero attached hydrogens (tertiary/aromatic N) is 2. The molecule has 1 amide bonds. The number of carbonyl (C=O) groups is 1. The predicted molar refractivity (Wildman–Crippen MR) is 54.4 cm³/mol. The Morgan fingerprint density at radius 1 is 1.64 bits per heavy atom. The van der Waals surface area contributed by atoms with Crippen molar-refractivity contribution in [3.63, 3.8) is 0 Å². The van der Waals surface area contributed by atoms with Crippen LogP contribution in [0.15, 0.2) is 0 Å². The van der Waals surface area contributed by atoms with Gasteiger partial charge in [-0.25, -0.2) is 0 Å². The van der Waals surface area contributed by atoms with E-state index in [2.05, 4.69) is 19.9 Å². The molecule has 0 aromatic heterocycles. The van der Waals surface area contributed by atoms with Crippen LogP contribution in [0.4, 0.5) is 0 Å². The van der Waals surface area contributed by atoms with Crippen molar-refractivity contribution < 1.29 is 4.79 Å². The Kier molecular flexibility index (Phi) is 3.51. The molecule has 1 heterocycles.